The van der Waals surface area contributed by atoms with Gasteiger partial charge in [-0.25, -0.2) is 9.59 Å². The third kappa shape index (κ3) is 1.84. The van der Waals surface area contributed by atoms with Gasteiger partial charge in [0.05, 0.1) is 11.3 Å². The molecule has 0 aromatic heterocycles. The Hall–Kier alpha value is -2.04. The molecule has 16 heavy (non-hydrogen) atoms. The average molecular weight is 220 g/mol. The van der Waals surface area contributed by atoms with Gasteiger partial charge in [0.2, 0.25) is 0 Å². The molecule has 1 fully saturated rings. The predicted octanol–water partition coefficient (Wildman–Crippen LogP) is 1.30. The van der Waals surface area contributed by atoms with Crippen LogP contribution in [0.5, 0.6) is 0 Å². The molecule has 84 valence electrons. The topological polar surface area (TPSA) is 69.6 Å². The fourth-order valence-electron chi connectivity index (χ4n) is 1.75. The van der Waals surface area contributed by atoms with Crippen molar-refractivity contribution in [1.29, 1.82) is 0 Å². The van der Waals surface area contributed by atoms with Crippen molar-refractivity contribution in [2.45, 2.75) is 6.42 Å². The summed E-state index contributed by atoms with van der Waals surface area (Å²) >= 11 is 0. The molecule has 2 N–H and O–H groups in total. The summed E-state index contributed by atoms with van der Waals surface area (Å²) in [5.74, 6) is -1.02. The normalized spacial score (nSPS) is 15.8. The number of carboxylic acids is 1. The molecular weight excluding hydrogens is 208 g/mol. The Balaban J connectivity index is 2.38. The SMILES string of the molecule is O=C(O)c1ccccc1N1CCCNC1=O. The number of hydrogen-bond acceptors (Lipinski definition) is 2. The van der Waals surface area contributed by atoms with Gasteiger partial charge in [0.25, 0.3) is 0 Å². The lowest BCUT2D eigenvalue weighted by Gasteiger charge is -2.28. The standard InChI is InChI=1S/C11H12N2O3/c14-10(15)8-4-1-2-5-9(8)13-7-3-6-12-11(13)16/h1-2,4-5H,3,6-7H2,(H,12,16)(H,14,15). The molecule has 5 nitrogen and oxygen atoms in total. The third-order valence-corrected chi connectivity index (χ3v) is 2.51. The van der Waals surface area contributed by atoms with Crippen LogP contribution in [0, 0.1) is 0 Å². The van der Waals surface area contributed by atoms with Gasteiger partial charge < -0.3 is 10.4 Å². The van der Waals surface area contributed by atoms with Crippen molar-refractivity contribution in [3.05, 3.63) is 29.8 Å². The van der Waals surface area contributed by atoms with E-state index in [1.54, 1.807) is 18.2 Å². The zero-order valence-electron chi connectivity index (χ0n) is 8.64. The lowest BCUT2D eigenvalue weighted by Crippen LogP contribution is -2.47. The summed E-state index contributed by atoms with van der Waals surface area (Å²) in [5.41, 5.74) is 0.603. The maximum Gasteiger partial charge on any atom is 0.337 e. The number of rotatable bonds is 2. The second-order valence-corrected chi connectivity index (χ2v) is 3.56. The second-order valence-electron chi connectivity index (χ2n) is 3.56. The predicted molar refractivity (Wildman–Crippen MR) is 58.8 cm³/mol. The molecule has 2 amide bonds. The van der Waals surface area contributed by atoms with Crippen LogP contribution in [-0.4, -0.2) is 30.2 Å². The number of carbonyl (C=O) groups excluding carboxylic acids is 1. The van der Waals surface area contributed by atoms with Crippen molar-refractivity contribution in [3.63, 3.8) is 0 Å². The minimum Gasteiger partial charge on any atom is -0.478 e. The van der Waals surface area contributed by atoms with Crippen LogP contribution in [0.25, 0.3) is 0 Å². The molecule has 2 rings (SSSR count). The maximum absolute atomic E-state index is 11.6. The highest BCUT2D eigenvalue weighted by atomic mass is 16.4. The van der Waals surface area contributed by atoms with Crippen LogP contribution in [0.3, 0.4) is 0 Å². The molecule has 0 spiro atoms. The minimum absolute atomic E-state index is 0.152. The number of aromatic carboxylic acids is 1. The van der Waals surface area contributed by atoms with E-state index >= 15 is 0 Å². The van der Waals surface area contributed by atoms with Crippen LogP contribution < -0.4 is 10.2 Å². The van der Waals surface area contributed by atoms with Gasteiger partial charge in [0.1, 0.15) is 0 Å². The Morgan fingerprint density at radius 3 is 2.81 bits per heavy atom. The number of nitrogens with zero attached hydrogens (tertiary/aromatic N) is 1. The van der Waals surface area contributed by atoms with Crippen LogP contribution in [0.4, 0.5) is 10.5 Å². The van der Waals surface area contributed by atoms with Gasteiger partial charge in [-0.2, -0.15) is 0 Å². The number of benzene rings is 1. The van der Waals surface area contributed by atoms with Crippen molar-refractivity contribution in [2.75, 3.05) is 18.0 Å². The van der Waals surface area contributed by atoms with Crippen LogP contribution in [0.1, 0.15) is 16.8 Å². The number of para-hydroxylation sites is 1. The maximum atomic E-state index is 11.6. The van der Waals surface area contributed by atoms with Gasteiger partial charge in [-0.05, 0) is 18.6 Å². The van der Waals surface area contributed by atoms with Crippen molar-refractivity contribution in [1.82, 2.24) is 5.32 Å². The van der Waals surface area contributed by atoms with E-state index in [9.17, 15) is 9.59 Å². The van der Waals surface area contributed by atoms with Crippen molar-refractivity contribution in [2.24, 2.45) is 0 Å². The van der Waals surface area contributed by atoms with Gasteiger partial charge in [0, 0.05) is 13.1 Å². The van der Waals surface area contributed by atoms with Gasteiger partial charge >= 0.3 is 12.0 Å². The van der Waals surface area contributed by atoms with E-state index in [0.29, 0.717) is 18.8 Å². The van der Waals surface area contributed by atoms with E-state index in [1.807, 2.05) is 0 Å². The van der Waals surface area contributed by atoms with Gasteiger partial charge in [0.15, 0.2) is 0 Å². The Morgan fingerprint density at radius 2 is 2.12 bits per heavy atom. The van der Waals surface area contributed by atoms with Crippen molar-refractivity contribution in [3.8, 4) is 0 Å². The number of carbonyl (C=O) groups is 2. The smallest absolute Gasteiger partial charge is 0.337 e. The molecular formula is C11H12N2O3. The van der Waals surface area contributed by atoms with Crippen LogP contribution >= 0.6 is 0 Å². The van der Waals surface area contributed by atoms with E-state index in [-0.39, 0.29) is 11.6 Å². The second kappa shape index (κ2) is 4.22. The number of urea groups is 1. The summed E-state index contributed by atoms with van der Waals surface area (Å²) in [5, 5.41) is 11.7. The Morgan fingerprint density at radius 1 is 1.38 bits per heavy atom. The largest absolute Gasteiger partial charge is 0.478 e. The third-order valence-electron chi connectivity index (χ3n) is 2.51. The van der Waals surface area contributed by atoms with Crippen LogP contribution in [0.15, 0.2) is 24.3 Å². The Bertz CT molecular complexity index is 431. The number of carboxylic acid groups (broad SMARTS) is 1. The fourth-order valence-corrected chi connectivity index (χ4v) is 1.75. The molecule has 0 radical (unpaired) electrons. The number of hydrogen-bond donors (Lipinski definition) is 2. The Kier molecular flexibility index (Phi) is 2.76. The highest BCUT2D eigenvalue weighted by Crippen LogP contribution is 2.21. The molecule has 0 aliphatic carbocycles. The molecule has 1 aliphatic rings. The Labute approximate surface area is 92.7 Å². The van der Waals surface area contributed by atoms with E-state index in [4.69, 9.17) is 5.11 Å². The van der Waals surface area contributed by atoms with E-state index < -0.39 is 5.97 Å². The molecule has 5 heteroatoms. The summed E-state index contributed by atoms with van der Waals surface area (Å²) in [6.45, 7) is 1.20. The fraction of sp³-hybridized carbons (Fsp3) is 0.273. The van der Waals surface area contributed by atoms with E-state index in [1.165, 1.54) is 11.0 Å². The molecule has 1 heterocycles. The lowest BCUT2D eigenvalue weighted by molar-refractivity contribution is 0.0697. The molecule has 0 bridgehead atoms. The zero-order valence-corrected chi connectivity index (χ0v) is 8.64. The van der Waals surface area contributed by atoms with Gasteiger partial charge in [-0.15, -0.1) is 0 Å². The summed E-state index contributed by atoms with van der Waals surface area (Å²) in [6, 6.07) is 6.28. The molecule has 1 aliphatic heterocycles. The van der Waals surface area contributed by atoms with Crippen LogP contribution in [0.2, 0.25) is 0 Å². The average Bonchev–Trinajstić information content (AvgIpc) is 2.29. The van der Waals surface area contributed by atoms with Gasteiger partial charge in [-0.3, -0.25) is 4.90 Å². The van der Waals surface area contributed by atoms with Gasteiger partial charge in [-0.1, -0.05) is 12.1 Å². The lowest BCUT2D eigenvalue weighted by atomic mass is 10.1. The monoisotopic (exact) mass is 220 g/mol. The first-order valence-corrected chi connectivity index (χ1v) is 5.08. The number of anilines is 1. The number of amides is 2. The first kappa shape index (κ1) is 10.5. The highest BCUT2D eigenvalue weighted by molar-refractivity contribution is 6.01. The van der Waals surface area contributed by atoms with Crippen molar-refractivity contribution >= 4 is 17.7 Å². The summed E-state index contributed by atoms with van der Waals surface area (Å²) in [6.07, 6.45) is 0.819. The highest BCUT2D eigenvalue weighted by Gasteiger charge is 2.23. The molecule has 0 atom stereocenters. The zero-order chi connectivity index (χ0) is 11.5. The molecule has 1 saturated heterocycles. The molecule has 0 saturated carbocycles. The molecule has 0 unspecified atom stereocenters. The minimum atomic E-state index is -1.02. The quantitative estimate of drug-likeness (QED) is 0.789. The first-order valence-electron chi connectivity index (χ1n) is 5.08. The molecule has 1 aromatic rings. The summed E-state index contributed by atoms with van der Waals surface area (Å²) < 4.78 is 0. The first-order chi connectivity index (χ1) is 7.70. The molecule has 1 aromatic carbocycles. The summed E-state index contributed by atoms with van der Waals surface area (Å²) in [7, 11) is 0. The van der Waals surface area contributed by atoms with Crippen molar-refractivity contribution < 1.29 is 14.7 Å². The number of nitrogens with one attached hydrogen (secondary N) is 1. The van der Waals surface area contributed by atoms with E-state index in [0.717, 1.165) is 6.42 Å². The van der Waals surface area contributed by atoms with E-state index in [2.05, 4.69) is 5.32 Å². The summed E-state index contributed by atoms with van der Waals surface area (Å²) in [4.78, 5) is 24.1. The van der Waals surface area contributed by atoms with Crippen LogP contribution in [-0.2, 0) is 0 Å².